The summed E-state index contributed by atoms with van der Waals surface area (Å²) in [7, 11) is 0. The van der Waals surface area contributed by atoms with Gasteiger partial charge in [-0.25, -0.2) is 4.98 Å². The third-order valence-electron chi connectivity index (χ3n) is 5.96. The zero-order chi connectivity index (χ0) is 21.3. The van der Waals surface area contributed by atoms with Crippen LogP contribution in [0.3, 0.4) is 0 Å². The van der Waals surface area contributed by atoms with Gasteiger partial charge in [-0.2, -0.15) is 0 Å². The number of benzene rings is 2. The average molecular weight is 428 g/mol. The topological polar surface area (TPSA) is 70.4 Å². The standard InChI is InChI=1S/C25H24N4O3/c1-2-4-21-18(3-1)9-17(12-27-21)11-26-13-20-15-29-22(14-28-25(29)16-32-20)19-5-6-23-24(10-19)31-8-7-30-23/h1-6,9-10,12,14,20,26H,7-8,11,13,15-16H2/t20-/m0/s1. The van der Waals surface area contributed by atoms with Crippen LogP contribution in [-0.2, 0) is 24.4 Å². The molecule has 162 valence electrons. The van der Waals surface area contributed by atoms with E-state index in [0.29, 0.717) is 19.8 Å². The molecule has 6 rings (SSSR count). The van der Waals surface area contributed by atoms with E-state index in [9.17, 15) is 0 Å². The highest BCUT2D eigenvalue weighted by atomic mass is 16.6. The predicted molar refractivity (Wildman–Crippen MR) is 121 cm³/mol. The van der Waals surface area contributed by atoms with Gasteiger partial charge in [0, 0.05) is 30.2 Å². The lowest BCUT2D eigenvalue weighted by Crippen LogP contribution is -2.36. The first-order valence-corrected chi connectivity index (χ1v) is 10.9. The lowest BCUT2D eigenvalue weighted by atomic mass is 10.1. The first-order valence-electron chi connectivity index (χ1n) is 10.9. The zero-order valence-corrected chi connectivity index (χ0v) is 17.7. The van der Waals surface area contributed by atoms with Crippen LogP contribution in [0.25, 0.3) is 22.2 Å². The SMILES string of the molecule is c1ccc2ncc(CNC[C@H]3Cn4c(-c5ccc6c(c5)OCCO6)cnc4CO3)cc2c1. The first kappa shape index (κ1) is 19.3. The second-order valence-electron chi connectivity index (χ2n) is 8.13. The smallest absolute Gasteiger partial charge is 0.162 e. The molecule has 0 saturated heterocycles. The minimum absolute atomic E-state index is 0.0704. The summed E-state index contributed by atoms with van der Waals surface area (Å²) in [5.74, 6) is 2.54. The fourth-order valence-corrected chi connectivity index (χ4v) is 4.33. The van der Waals surface area contributed by atoms with E-state index in [1.165, 1.54) is 5.56 Å². The Morgan fingerprint density at radius 1 is 0.969 bits per heavy atom. The minimum Gasteiger partial charge on any atom is -0.486 e. The maximum absolute atomic E-state index is 6.05. The monoisotopic (exact) mass is 428 g/mol. The van der Waals surface area contributed by atoms with Crippen LogP contribution in [0.1, 0.15) is 11.4 Å². The highest BCUT2D eigenvalue weighted by Crippen LogP contribution is 2.35. The quantitative estimate of drug-likeness (QED) is 0.524. The van der Waals surface area contributed by atoms with Crippen molar-refractivity contribution in [2.24, 2.45) is 0 Å². The third-order valence-corrected chi connectivity index (χ3v) is 5.96. The maximum atomic E-state index is 6.05. The van der Waals surface area contributed by atoms with Crippen LogP contribution < -0.4 is 14.8 Å². The normalized spacial score (nSPS) is 17.3. The van der Waals surface area contributed by atoms with Crippen molar-refractivity contribution in [3.63, 3.8) is 0 Å². The van der Waals surface area contributed by atoms with Gasteiger partial charge in [0.15, 0.2) is 11.5 Å². The minimum atomic E-state index is 0.0704. The molecule has 0 aliphatic carbocycles. The molecular formula is C25H24N4O3. The number of rotatable bonds is 5. The summed E-state index contributed by atoms with van der Waals surface area (Å²) in [4.78, 5) is 9.12. The maximum Gasteiger partial charge on any atom is 0.162 e. The van der Waals surface area contributed by atoms with E-state index in [1.807, 2.05) is 42.7 Å². The summed E-state index contributed by atoms with van der Waals surface area (Å²) in [5, 5.41) is 4.68. The van der Waals surface area contributed by atoms with E-state index in [1.54, 1.807) is 0 Å². The highest BCUT2D eigenvalue weighted by molar-refractivity contribution is 5.78. The molecule has 2 aliphatic rings. The number of nitrogens with zero attached hydrogens (tertiary/aromatic N) is 3. The van der Waals surface area contributed by atoms with E-state index in [2.05, 4.69) is 38.1 Å². The van der Waals surface area contributed by atoms with Crippen LogP contribution in [0, 0.1) is 0 Å². The number of hydrogen-bond donors (Lipinski definition) is 1. The molecule has 4 aromatic rings. The molecule has 0 fully saturated rings. The molecule has 7 heteroatoms. The Bertz CT molecular complexity index is 1270. The van der Waals surface area contributed by atoms with Crippen molar-refractivity contribution in [2.45, 2.75) is 25.8 Å². The molecule has 1 N–H and O–H groups in total. The number of para-hydroxylation sites is 1. The number of imidazole rings is 1. The van der Waals surface area contributed by atoms with Crippen molar-refractivity contribution in [2.75, 3.05) is 19.8 Å². The number of fused-ring (bicyclic) bond motifs is 3. The van der Waals surface area contributed by atoms with Crippen LogP contribution in [-0.4, -0.2) is 40.4 Å². The van der Waals surface area contributed by atoms with Crippen LogP contribution in [0.2, 0.25) is 0 Å². The Morgan fingerprint density at radius 2 is 1.88 bits per heavy atom. The Morgan fingerprint density at radius 3 is 2.84 bits per heavy atom. The van der Waals surface area contributed by atoms with Crippen molar-refractivity contribution >= 4 is 10.9 Å². The summed E-state index contributed by atoms with van der Waals surface area (Å²) >= 11 is 0. The molecular weight excluding hydrogens is 404 g/mol. The average Bonchev–Trinajstić information content (AvgIpc) is 3.27. The fraction of sp³-hybridized carbons (Fsp3) is 0.280. The second-order valence-corrected chi connectivity index (χ2v) is 8.13. The number of ether oxygens (including phenoxy) is 3. The van der Waals surface area contributed by atoms with Gasteiger partial charge in [-0.15, -0.1) is 0 Å². The van der Waals surface area contributed by atoms with E-state index in [4.69, 9.17) is 14.2 Å². The largest absolute Gasteiger partial charge is 0.486 e. The Kier molecular flexibility index (Phi) is 4.97. The summed E-state index contributed by atoms with van der Waals surface area (Å²) in [6.07, 6.45) is 3.92. The van der Waals surface area contributed by atoms with Gasteiger partial charge in [-0.1, -0.05) is 18.2 Å². The van der Waals surface area contributed by atoms with Gasteiger partial charge < -0.3 is 24.1 Å². The molecule has 7 nitrogen and oxygen atoms in total. The second kappa shape index (κ2) is 8.26. The van der Waals surface area contributed by atoms with Crippen LogP contribution in [0.15, 0.2) is 60.9 Å². The number of aromatic nitrogens is 3. The van der Waals surface area contributed by atoms with Crippen molar-refractivity contribution in [1.29, 1.82) is 0 Å². The van der Waals surface area contributed by atoms with Gasteiger partial charge >= 0.3 is 0 Å². The summed E-state index contributed by atoms with van der Waals surface area (Å²) in [6.45, 7) is 3.94. The van der Waals surface area contributed by atoms with Gasteiger partial charge in [0.05, 0.1) is 30.1 Å². The lowest BCUT2D eigenvalue weighted by molar-refractivity contribution is 0.00325. The summed E-state index contributed by atoms with van der Waals surface area (Å²) in [6, 6.07) is 16.4. The molecule has 0 spiro atoms. The van der Waals surface area contributed by atoms with E-state index < -0.39 is 0 Å². The molecule has 0 saturated carbocycles. The van der Waals surface area contributed by atoms with Crippen LogP contribution in [0.5, 0.6) is 11.5 Å². The molecule has 2 aromatic carbocycles. The molecule has 2 aliphatic heterocycles. The van der Waals surface area contributed by atoms with Crippen LogP contribution in [0.4, 0.5) is 0 Å². The van der Waals surface area contributed by atoms with Gasteiger partial charge in [-0.3, -0.25) is 4.98 Å². The molecule has 0 radical (unpaired) electrons. The molecule has 32 heavy (non-hydrogen) atoms. The Balaban J connectivity index is 1.13. The third kappa shape index (κ3) is 3.70. The predicted octanol–water partition coefficient (Wildman–Crippen LogP) is 3.56. The fourth-order valence-electron chi connectivity index (χ4n) is 4.33. The van der Waals surface area contributed by atoms with Gasteiger partial charge in [0.25, 0.3) is 0 Å². The number of pyridine rings is 1. The summed E-state index contributed by atoms with van der Waals surface area (Å²) < 4.78 is 19.7. The molecule has 0 amide bonds. The van der Waals surface area contributed by atoms with Gasteiger partial charge in [-0.05, 0) is 35.9 Å². The molecule has 0 bridgehead atoms. The molecule has 1 atom stereocenters. The van der Waals surface area contributed by atoms with Crippen molar-refractivity contribution < 1.29 is 14.2 Å². The molecule has 0 unspecified atom stereocenters. The van der Waals surface area contributed by atoms with Crippen LogP contribution >= 0.6 is 0 Å². The van der Waals surface area contributed by atoms with Crippen molar-refractivity contribution in [3.05, 3.63) is 72.3 Å². The lowest BCUT2D eigenvalue weighted by Gasteiger charge is -2.26. The Labute approximate surface area is 186 Å². The molecule has 4 heterocycles. The van der Waals surface area contributed by atoms with E-state index in [0.717, 1.165) is 59.1 Å². The number of nitrogens with one attached hydrogen (secondary N) is 1. The Hall–Kier alpha value is -3.42. The van der Waals surface area contributed by atoms with E-state index >= 15 is 0 Å². The van der Waals surface area contributed by atoms with Crippen molar-refractivity contribution in [3.8, 4) is 22.8 Å². The highest BCUT2D eigenvalue weighted by Gasteiger charge is 2.23. The van der Waals surface area contributed by atoms with Gasteiger partial charge in [0.1, 0.15) is 25.6 Å². The van der Waals surface area contributed by atoms with E-state index in [-0.39, 0.29) is 6.10 Å². The van der Waals surface area contributed by atoms with Gasteiger partial charge in [0.2, 0.25) is 0 Å². The number of hydrogen-bond acceptors (Lipinski definition) is 6. The molecule has 2 aromatic heterocycles. The first-order chi connectivity index (χ1) is 15.8. The zero-order valence-electron chi connectivity index (χ0n) is 17.7. The van der Waals surface area contributed by atoms with Crippen molar-refractivity contribution in [1.82, 2.24) is 19.9 Å². The summed E-state index contributed by atoms with van der Waals surface area (Å²) in [5.41, 5.74) is 4.33.